The van der Waals surface area contributed by atoms with Crippen molar-refractivity contribution >= 4 is 5.91 Å². The number of likely N-dealkylation sites (tertiary alicyclic amines) is 1. The van der Waals surface area contributed by atoms with E-state index in [1.165, 1.54) is 12.0 Å². The van der Waals surface area contributed by atoms with Crippen LogP contribution < -0.4 is 5.32 Å². The Morgan fingerprint density at radius 1 is 1.27 bits per heavy atom. The zero-order valence-electron chi connectivity index (χ0n) is 16.2. The molecule has 0 saturated carbocycles. The van der Waals surface area contributed by atoms with Gasteiger partial charge in [-0.1, -0.05) is 48.8 Å². The SMILES string of the molecule is Cc1ccc(-c2cc(C(=O)NC[C@H](C)N3C[C@H](C)C[C@H](C)C3)no2)cc1. The van der Waals surface area contributed by atoms with Gasteiger partial charge in [0, 0.05) is 37.3 Å². The summed E-state index contributed by atoms with van der Waals surface area (Å²) in [6, 6.07) is 9.99. The Morgan fingerprint density at radius 2 is 1.92 bits per heavy atom. The van der Waals surface area contributed by atoms with Crippen molar-refractivity contribution < 1.29 is 9.32 Å². The van der Waals surface area contributed by atoms with Crippen molar-refractivity contribution in [1.29, 1.82) is 0 Å². The van der Waals surface area contributed by atoms with Gasteiger partial charge in [-0.25, -0.2) is 0 Å². The molecule has 0 unspecified atom stereocenters. The number of rotatable bonds is 5. The molecule has 0 aliphatic carbocycles. The molecular weight excluding hydrogens is 326 g/mol. The molecule has 3 rings (SSSR count). The van der Waals surface area contributed by atoms with Crippen molar-refractivity contribution in [2.45, 2.75) is 40.2 Å². The second-order valence-electron chi connectivity index (χ2n) is 7.90. The van der Waals surface area contributed by atoms with E-state index >= 15 is 0 Å². The summed E-state index contributed by atoms with van der Waals surface area (Å²) < 4.78 is 5.34. The smallest absolute Gasteiger partial charge is 0.273 e. The van der Waals surface area contributed by atoms with Crippen molar-refractivity contribution in [3.05, 3.63) is 41.6 Å². The van der Waals surface area contributed by atoms with Crippen LogP contribution >= 0.6 is 0 Å². The van der Waals surface area contributed by atoms with Crippen LogP contribution in [0.25, 0.3) is 11.3 Å². The fourth-order valence-corrected chi connectivity index (χ4v) is 3.77. The predicted molar refractivity (Wildman–Crippen MR) is 103 cm³/mol. The summed E-state index contributed by atoms with van der Waals surface area (Å²) >= 11 is 0. The van der Waals surface area contributed by atoms with Crippen molar-refractivity contribution in [2.24, 2.45) is 11.8 Å². The standard InChI is InChI=1S/C21H29N3O2/c1-14-5-7-18(8-6-14)20-10-19(23-26-20)21(25)22-11-17(4)24-12-15(2)9-16(3)13-24/h5-8,10,15-17H,9,11-13H2,1-4H3,(H,22,25)/t15-,16+,17-/m0/s1. The van der Waals surface area contributed by atoms with Gasteiger partial charge >= 0.3 is 0 Å². The van der Waals surface area contributed by atoms with Gasteiger partial charge in [0.2, 0.25) is 0 Å². The first-order valence-corrected chi connectivity index (χ1v) is 9.48. The topological polar surface area (TPSA) is 58.4 Å². The number of hydrogen-bond acceptors (Lipinski definition) is 4. The van der Waals surface area contributed by atoms with Crippen molar-refractivity contribution in [3.63, 3.8) is 0 Å². The highest BCUT2D eigenvalue weighted by molar-refractivity contribution is 5.93. The zero-order valence-corrected chi connectivity index (χ0v) is 16.2. The van der Waals surface area contributed by atoms with Gasteiger partial charge in [0.25, 0.3) is 5.91 Å². The van der Waals surface area contributed by atoms with Crippen LogP contribution in [0.1, 0.15) is 43.2 Å². The van der Waals surface area contributed by atoms with E-state index in [0.29, 0.717) is 35.9 Å². The number of carbonyl (C=O) groups excluding carboxylic acids is 1. The molecule has 2 heterocycles. The highest BCUT2D eigenvalue weighted by Crippen LogP contribution is 2.23. The van der Waals surface area contributed by atoms with Crippen LogP contribution in [-0.2, 0) is 0 Å². The molecule has 1 amide bonds. The van der Waals surface area contributed by atoms with E-state index in [0.717, 1.165) is 18.7 Å². The minimum absolute atomic E-state index is 0.183. The molecule has 26 heavy (non-hydrogen) atoms. The van der Waals surface area contributed by atoms with Crippen LogP contribution in [0.5, 0.6) is 0 Å². The number of amides is 1. The maximum absolute atomic E-state index is 12.4. The molecule has 1 N–H and O–H groups in total. The van der Waals surface area contributed by atoms with Crippen molar-refractivity contribution in [1.82, 2.24) is 15.4 Å². The molecule has 1 aliphatic rings. The lowest BCUT2D eigenvalue weighted by molar-refractivity contribution is 0.0862. The number of aromatic nitrogens is 1. The molecule has 0 bridgehead atoms. The van der Waals surface area contributed by atoms with E-state index in [1.54, 1.807) is 6.07 Å². The first-order chi connectivity index (χ1) is 12.4. The fraction of sp³-hybridized carbons (Fsp3) is 0.524. The third-order valence-corrected chi connectivity index (χ3v) is 5.16. The highest BCUT2D eigenvalue weighted by atomic mass is 16.5. The van der Waals surface area contributed by atoms with E-state index < -0.39 is 0 Å². The van der Waals surface area contributed by atoms with E-state index in [4.69, 9.17) is 4.52 Å². The number of benzene rings is 1. The molecule has 5 heteroatoms. The van der Waals surface area contributed by atoms with Crippen molar-refractivity contribution in [2.75, 3.05) is 19.6 Å². The molecule has 0 radical (unpaired) electrons. The highest BCUT2D eigenvalue weighted by Gasteiger charge is 2.25. The average Bonchev–Trinajstić information content (AvgIpc) is 3.09. The molecule has 1 aliphatic heterocycles. The first kappa shape index (κ1) is 18.6. The van der Waals surface area contributed by atoms with Gasteiger partial charge in [0.1, 0.15) is 0 Å². The van der Waals surface area contributed by atoms with Gasteiger partial charge < -0.3 is 9.84 Å². The molecule has 0 spiro atoms. The third-order valence-electron chi connectivity index (χ3n) is 5.16. The summed E-state index contributed by atoms with van der Waals surface area (Å²) in [5.41, 5.74) is 2.43. The maximum Gasteiger partial charge on any atom is 0.273 e. The van der Waals surface area contributed by atoms with Gasteiger partial charge in [0.15, 0.2) is 11.5 Å². The number of carbonyl (C=O) groups is 1. The number of hydrogen-bond donors (Lipinski definition) is 1. The van der Waals surface area contributed by atoms with Crippen molar-refractivity contribution in [3.8, 4) is 11.3 Å². The third kappa shape index (κ3) is 4.52. The molecule has 3 atom stereocenters. The Morgan fingerprint density at radius 3 is 2.58 bits per heavy atom. The minimum Gasteiger partial charge on any atom is -0.355 e. The summed E-state index contributed by atoms with van der Waals surface area (Å²) in [5, 5.41) is 6.93. The normalized spacial score (nSPS) is 22.2. The fourth-order valence-electron chi connectivity index (χ4n) is 3.77. The Bertz CT molecular complexity index is 728. The Hall–Kier alpha value is -2.14. The van der Waals surface area contributed by atoms with E-state index in [2.05, 4.69) is 36.1 Å². The Labute approximate surface area is 155 Å². The van der Waals surface area contributed by atoms with Gasteiger partial charge in [-0.2, -0.15) is 0 Å². The predicted octanol–water partition coefficient (Wildman–Crippen LogP) is 3.75. The van der Waals surface area contributed by atoms with Gasteiger partial charge in [-0.3, -0.25) is 9.69 Å². The Kier molecular flexibility index (Phi) is 5.77. The lowest BCUT2D eigenvalue weighted by atomic mass is 9.91. The van der Waals surface area contributed by atoms with Crippen LogP contribution in [0.15, 0.2) is 34.9 Å². The molecule has 1 fully saturated rings. The maximum atomic E-state index is 12.4. The van der Waals surface area contributed by atoms with Crippen LogP contribution in [0.3, 0.4) is 0 Å². The number of aryl methyl sites for hydroxylation is 1. The summed E-state index contributed by atoms with van der Waals surface area (Å²) in [6.45, 7) is 11.6. The number of piperidine rings is 1. The van der Waals surface area contributed by atoms with Crippen LogP contribution in [-0.4, -0.2) is 41.6 Å². The number of nitrogens with zero attached hydrogens (tertiary/aromatic N) is 2. The largest absolute Gasteiger partial charge is 0.355 e. The van der Waals surface area contributed by atoms with Gasteiger partial charge in [-0.05, 0) is 32.1 Å². The molecule has 5 nitrogen and oxygen atoms in total. The van der Waals surface area contributed by atoms with Crippen LogP contribution in [0.4, 0.5) is 0 Å². The average molecular weight is 355 g/mol. The zero-order chi connectivity index (χ0) is 18.7. The first-order valence-electron chi connectivity index (χ1n) is 9.48. The molecular formula is C21H29N3O2. The summed E-state index contributed by atoms with van der Waals surface area (Å²) in [5.74, 6) is 1.85. The van der Waals surface area contributed by atoms with Gasteiger partial charge in [0.05, 0.1) is 0 Å². The van der Waals surface area contributed by atoms with E-state index in [-0.39, 0.29) is 5.91 Å². The second-order valence-corrected chi connectivity index (χ2v) is 7.90. The molecule has 1 saturated heterocycles. The quantitative estimate of drug-likeness (QED) is 0.887. The van der Waals surface area contributed by atoms with Crippen LogP contribution in [0.2, 0.25) is 0 Å². The summed E-state index contributed by atoms with van der Waals surface area (Å²) in [6.07, 6.45) is 1.29. The lowest BCUT2D eigenvalue weighted by Gasteiger charge is -2.38. The molecule has 1 aromatic heterocycles. The summed E-state index contributed by atoms with van der Waals surface area (Å²) in [4.78, 5) is 14.9. The second kappa shape index (κ2) is 8.04. The minimum atomic E-state index is -0.183. The Balaban J connectivity index is 1.56. The van der Waals surface area contributed by atoms with E-state index in [1.807, 2.05) is 31.2 Å². The van der Waals surface area contributed by atoms with Crippen LogP contribution in [0, 0.1) is 18.8 Å². The van der Waals surface area contributed by atoms with Gasteiger partial charge in [-0.15, -0.1) is 0 Å². The molecule has 140 valence electrons. The number of nitrogens with one attached hydrogen (secondary N) is 1. The monoisotopic (exact) mass is 355 g/mol. The lowest BCUT2D eigenvalue weighted by Crippen LogP contribution is -2.48. The molecule has 1 aromatic carbocycles. The molecule has 2 aromatic rings. The summed E-state index contributed by atoms with van der Waals surface area (Å²) in [7, 11) is 0. The van der Waals surface area contributed by atoms with E-state index in [9.17, 15) is 4.79 Å².